The van der Waals surface area contributed by atoms with E-state index in [-0.39, 0.29) is 10.0 Å². The third-order valence-electron chi connectivity index (χ3n) is 3.60. The van der Waals surface area contributed by atoms with Gasteiger partial charge in [0.2, 0.25) is 0 Å². The number of alkyl halides is 8. The Balaban J connectivity index is 2.53. The molecule has 0 amide bonds. The Kier molecular flexibility index (Phi) is 5.24. The summed E-state index contributed by atoms with van der Waals surface area (Å²) in [6, 6.07) is 4.40. The summed E-state index contributed by atoms with van der Waals surface area (Å²) >= 11 is 10.8. The SMILES string of the molecule is FC(F)(c1ccc(Cl)cc1)C(F)(F)C(F)(F)C(F)(F)c1ccc(Cl)cc1. The van der Waals surface area contributed by atoms with Crippen molar-refractivity contribution < 1.29 is 35.1 Å². The molecule has 0 aliphatic carbocycles. The van der Waals surface area contributed by atoms with Crippen LogP contribution in [0.4, 0.5) is 35.1 Å². The fraction of sp³-hybridized carbons (Fsp3) is 0.250. The molecule has 0 bridgehead atoms. The van der Waals surface area contributed by atoms with E-state index in [0.717, 1.165) is 24.3 Å². The molecule has 0 spiro atoms. The molecule has 0 heterocycles. The van der Waals surface area contributed by atoms with E-state index in [4.69, 9.17) is 23.2 Å². The van der Waals surface area contributed by atoms with Crippen LogP contribution in [0.3, 0.4) is 0 Å². The number of benzene rings is 2. The molecule has 0 aromatic heterocycles. The topological polar surface area (TPSA) is 0 Å². The molecule has 10 heteroatoms. The maximum absolute atomic E-state index is 14.0. The average Bonchev–Trinajstić information content (AvgIpc) is 2.55. The molecule has 0 atom stereocenters. The molecule has 26 heavy (non-hydrogen) atoms. The minimum absolute atomic E-state index is 0.133. The lowest BCUT2D eigenvalue weighted by Crippen LogP contribution is -2.59. The van der Waals surface area contributed by atoms with Gasteiger partial charge in [0.25, 0.3) is 0 Å². The highest BCUT2D eigenvalue weighted by molar-refractivity contribution is 6.30. The van der Waals surface area contributed by atoms with Crippen molar-refractivity contribution in [2.24, 2.45) is 0 Å². The van der Waals surface area contributed by atoms with Crippen molar-refractivity contribution in [2.75, 3.05) is 0 Å². The molecular formula is C16H8Cl2F8. The zero-order valence-corrected chi connectivity index (χ0v) is 13.9. The molecule has 2 aromatic rings. The van der Waals surface area contributed by atoms with Crippen LogP contribution in [0.25, 0.3) is 0 Å². The largest absolute Gasteiger partial charge is 0.382 e. The van der Waals surface area contributed by atoms with E-state index in [2.05, 4.69) is 0 Å². The summed E-state index contributed by atoms with van der Waals surface area (Å²) in [7, 11) is 0. The van der Waals surface area contributed by atoms with Crippen molar-refractivity contribution in [3.8, 4) is 0 Å². The van der Waals surface area contributed by atoms with Crippen LogP contribution >= 0.6 is 23.2 Å². The number of rotatable bonds is 5. The molecule has 0 saturated heterocycles. The van der Waals surface area contributed by atoms with Gasteiger partial charge < -0.3 is 0 Å². The van der Waals surface area contributed by atoms with E-state index in [9.17, 15) is 35.1 Å². The Bertz CT molecular complexity index is 702. The monoisotopic (exact) mass is 422 g/mol. The van der Waals surface area contributed by atoms with Gasteiger partial charge in [-0.05, 0) is 24.3 Å². The first kappa shape index (κ1) is 20.8. The Morgan fingerprint density at radius 2 is 0.692 bits per heavy atom. The van der Waals surface area contributed by atoms with Crippen LogP contribution < -0.4 is 0 Å². The zero-order chi connectivity index (χ0) is 20.0. The Labute approximate surface area is 152 Å². The molecule has 0 unspecified atom stereocenters. The first-order valence-corrected chi connectivity index (χ1v) is 7.54. The number of halogens is 10. The van der Waals surface area contributed by atoms with E-state index in [1.165, 1.54) is 0 Å². The van der Waals surface area contributed by atoms with Crippen LogP contribution in [-0.4, -0.2) is 11.8 Å². The van der Waals surface area contributed by atoms with E-state index in [0.29, 0.717) is 24.3 Å². The quantitative estimate of drug-likeness (QED) is 0.449. The summed E-state index contributed by atoms with van der Waals surface area (Å²) in [6.45, 7) is 0. The minimum Gasteiger partial charge on any atom is -0.194 e. The van der Waals surface area contributed by atoms with Gasteiger partial charge in [0.15, 0.2) is 0 Å². The first-order valence-electron chi connectivity index (χ1n) is 6.78. The summed E-state index contributed by atoms with van der Waals surface area (Å²) in [5.41, 5.74) is -3.17. The summed E-state index contributed by atoms with van der Waals surface area (Å²) in [4.78, 5) is 0. The van der Waals surface area contributed by atoms with Crippen LogP contribution in [-0.2, 0) is 11.8 Å². The highest BCUT2D eigenvalue weighted by Crippen LogP contribution is 2.59. The molecule has 142 valence electrons. The molecule has 0 nitrogen and oxygen atoms in total. The van der Waals surface area contributed by atoms with Gasteiger partial charge in [0.05, 0.1) is 0 Å². The predicted molar refractivity (Wildman–Crippen MR) is 80.6 cm³/mol. The third kappa shape index (κ3) is 3.13. The molecule has 0 aliphatic heterocycles. The second kappa shape index (κ2) is 6.56. The summed E-state index contributed by atoms with van der Waals surface area (Å²) in [5.74, 6) is -24.0. The average molecular weight is 423 g/mol. The molecule has 2 aromatic carbocycles. The highest BCUT2D eigenvalue weighted by Gasteiger charge is 2.81. The predicted octanol–water partition coefficient (Wildman–Crippen LogP) is 7.15. The lowest BCUT2D eigenvalue weighted by molar-refractivity contribution is -0.374. The van der Waals surface area contributed by atoms with Gasteiger partial charge in [-0.1, -0.05) is 47.5 Å². The molecule has 0 fully saturated rings. The fourth-order valence-electron chi connectivity index (χ4n) is 2.08. The van der Waals surface area contributed by atoms with E-state index < -0.39 is 34.8 Å². The highest BCUT2D eigenvalue weighted by atomic mass is 35.5. The van der Waals surface area contributed by atoms with E-state index in [1.54, 1.807) is 0 Å². The van der Waals surface area contributed by atoms with Gasteiger partial charge in [-0.15, -0.1) is 0 Å². The normalized spacial score (nSPS) is 13.8. The van der Waals surface area contributed by atoms with Gasteiger partial charge >= 0.3 is 23.7 Å². The van der Waals surface area contributed by atoms with Crippen LogP contribution in [0.5, 0.6) is 0 Å². The van der Waals surface area contributed by atoms with Crippen LogP contribution in [0.1, 0.15) is 11.1 Å². The van der Waals surface area contributed by atoms with Crippen molar-refractivity contribution in [3.05, 3.63) is 69.7 Å². The van der Waals surface area contributed by atoms with Crippen LogP contribution in [0, 0.1) is 0 Å². The summed E-state index contributed by atoms with van der Waals surface area (Å²) < 4.78 is 112. The molecule has 0 radical (unpaired) electrons. The first-order chi connectivity index (χ1) is 11.7. The zero-order valence-electron chi connectivity index (χ0n) is 12.4. The Morgan fingerprint density at radius 1 is 0.462 bits per heavy atom. The van der Waals surface area contributed by atoms with Gasteiger partial charge in [0.1, 0.15) is 0 Å². The van der Waals surface area contributed by atoms with Gasteiger partial charge in [-0.3, -0.25) is 0 Å². The van der Waals surface area contributed by atoms with Crippen molar-refractivity contribution in [3.63, 3.8) is 0 Å². The lowest BCUT2D eigenvalue weighted by Gasteiger charge is -2.37. The second-order valence-electron chi connectivity index (χ2n) is 5.31. The second-order valence-corrected chi connectivity index (χ2v) is 6.18. The maximum Gasteiger partial charge on any atom is 0.382 e. The van der Waals surface area contributed by atoms with Gasteiger partial charge in [-0.2, -0.15) is 35.1 Å². The minimum atomic E-state index is -6.42. The van der Waals surface area contributed by atoms with Gasteiger partial charge in [0, 0.05) is 21.2 Å². The van der Waals surface area contributed by atoms with Crippen molar-refractivity contribution in [1.29, 1.82) is 0 Å². The van der Waals surface area contributed by atoms with E-state index >= 15 is 0 Å². The molecule has 0 saturated carbocycles. The Hall–Kier alpha value is -1.54. The maximum atomic E-state index is 14.0. The number of hydrogen-bond acceptors (Lipinski definition) is 0. The molecule has 0 N–H and O–H groups in total. The summed E-state index contributed by atoms with van der Waals surface area (Å²) in [6.07, 6.45) is 0. The fourth-order valence-corrected chi connectivity index (χ4v) is 2.33. The molecular weight excluding hydrogens is 415 g/mol. The van der Waals surface area contributed by atoms with Crippen molar-refractivity contribution in [1.82, 2.24) is 0 Å². The van der Waals surface area contributed by atoms with Gasteiger partial charge in [-0.25, -0.2) is 0 Å². The lowest BCUT2D eigenvalue weighted by atomic mass is 9.90. The van der Waals surface area contributed by atoms with Crippen molar-refractivity contribution in [2.45, 2.75) is 23.7 Å². The van der Waals surface area contributed by atoms with Crippen molar-refractivity contribution >= 4 is 23.2 Å². The Morgan fingerprint density at radius 3 is 0.923 bits per heavy atom. The standard InChI is InChI=1S/C16H8Cl2F8/c17-11-5-1-9(2-6-11)13(19,20)15(23,24)16(25,26)14(21,22)10-3-7-12(18)8-4-10/h1-8H. The summed E-state index contributed by atoms with van der Waals surface area (Å²) in [5, 5.41) is -0.266. The molecule has 2 rings (SSSR count). The van der Waals surface area contributed by atoms with Crippen LogP contribution in [0.2, 0.25) is 10.0 Å². The smallest absolute Gasteiger partial charge is 0.194 e. The van der Waals surface area contributed by atoms with Crippen LogP contribution in [0.15, 0.2) is 48.5 Å². The number of hydrogen-bond donors (Lipinski definition) is 0. The molecule has 0 aliphatic rings. The van der Waals surface area contributed by atoms with E-state index in [1.807, 2.05) is 0 Å². The third-order valence-corrected chi connectivity index (χ3v) is 4.10.